The molecule has 0 spiro atoms. The van der Waals surface area contributed by atoms with E-state index in [-0.39, 0.29) is 0 Å². The van der Waals surface area contributed by atoms with E-state index in [4.69, 9.17) is 0 Å². The van der Waals surface area contributed by atoms with Crippen molar-refractivity contribution in [1.82, 2.24) is 15.2 Å². The Balaban J connectivity index is 1.94. The minimum atomic E-state index is 0.679. The van der Waals surface area contributed by atoms with Crippen molar-refractivity contribution in [2.75, 3.05) is 5.32 Å². The van der Waals surface area contributed by atoms with E-state index < -0.39 is 0 Å². The summed E-state index contributed by atoms with van der Waals surface area (Å²) in [6, 6.07) is 10.0. The van der Waals surface area contributed by atoms with Gasteiger partial charge >= 0.3 is 0 Å². The highest BCUT2D eigenvalue weighted by Gasteiger charge is 2.04. The lowest BCUT2D eigenvalue weighted by Crippen LogP contribution is -2.02. The first kappa shape index (κ1) is 11.2. The molecule has 0 aliphatic carbocycles. The van der Waals surface area contributed by atoms with E-state index in [1.807, 2.05) is 30.5 Å². The molecule has 5 heteroatoms. The van der Waals surface area contributed by atoms with E-state index >= 15 is 0 Å². The van der Waals surface area contributed by atoms with Gasteiger partial charge in [-0.1, -0.05) is 28.1 Å². The molecule has 18 heavy (non-hydrogen) atoms. The summed E-state index contributed by atoms with van der Waals surface area (Å²) in [5, 5.41) is 12.4. The lowest BCUT2D eigenvalue weighted by Gasteiger charge is -2.08. The van der Waals surface area contributed by atoms with Crippen LogP contribution in [0.5, 0.6) is 0 Å². The zero-order valence-electron chi connectivity index (χ0n) is 9.52. The molecule has 0 amide bonds. The molecule has 2 N–H and O–H groups in total. The summed E-state index contributed by atoms with van der Waals surface area (Å²) in [6.45, 7) is 0.679. The number of hydrogen-bond donors (Lipinski definition) is 2. The first-order valence-electron chi connectivity index (χ1n) is 5.60. The third kappa shape index (κ3) is 2.09. The Labute approximate surface area is 113 Å². The first-order chi connectivity index (χ1) is 8.84. The van der Waals surface area contributed by atoms with Crippen LogP contribution in [0, 0.1) is 0 Å². The van der Waals surface area contributed by atoms with E-state index in [1.54, 1.807) is 6.20 Å². The zero-order valence-corrected chi connectivity index (χ0v) is 11.1. The molecule has 0 aliphatic rings. The van der Waals surface area contributed by atoms with E-state index in [0.717, 1.165) is 26.8 Å². The Morgan fingerprint density at radius 2 is 2.06 bits per heavy atom. The number of anilines is 1. The fraction of sp³-hybridized carbons (Fsp3) is 0.0769. The average molecular weight is 303 g/mol. The van der Waals surface area contributed by atoms with Gasteiger partial charge in [-0.2, -0.15) is 5.10 Å². The van der Waals surface area contributed by atoms with Crippen molar-refractivity contribution in [3.63, 3.8) is 0 Å². The number of H-pyrrole nitrogens is 1. The lowest BCUT2D eigenvalue weighted by molar-refractivity contribution is 0.976. The Morgan fingerprint density at radius 1 is 1.11 bits per heavy atom. The van der Waals surface area contributed by atoms with Crippen LogP contribution < -0.4 is 5.32 Å². The monoisotopic (exact) mass is 302 g/mol. The molecule has 0 atom stereocenters. The van der Waals surface area contributed by atoms with Gasteiger partial charge < -0.3 is 5.32 Å². The number of aromatic amines is 1. The van der Waals surface area contributed by atoms with Gasteiger partial charge in [0, 0.05) is 27.6 Å². The van der Waals surface area contributed by atoms with Crippen LogP contribution in [0.4, 0.5) is 5.82 Å². The number of rotatable bonds is 3. The molecule has 2 heterocycles. The van der Waals surface area contributed by atoms with Crippen molar-refractivity contribution in [2.45, 2.75) is 6.54 Å². The van der Waals surface area contributed by atoms with E-state index in [1.165, 1.54) is 0 Å². The average Bonchev–Trinajstić information content (AvgIpc) is 2.90. The second kappa shape index (κ2) is 4.78. The van der Waals surface area contributed by atoms with Crippen molar-refractivity contribution in [3.05, 3.63) is 52.9 Å². The van der Waals surface area contributed by atoms with E-state index in [9.17, 15) is 0 Å². The minimum absolute atomic E-state index is 0.679. The van der Waals surface area contributed by atoms with E-state index in [2.05, 4.69) is 42.5 Å². The van der Waals surface area contributed by atoms with Crippen LogP contribution in [-0.2, 0) is 6.54 Å². The maximum Gasteiger partial charge on any atom is 0.134 e. The van der Waals surface area contributed by atoms with Crippen LogP contribution in [0.15, 0.2) is 47.2 Å². The summed E-state index contributed by atoms with van der Waals surface area (Å²) in [5.41, 5.74) is 1.03. The predicted octanol–water partition coefficient (Wildman–Crippen LogP) is 3.33. The normalized spacial score (nSPS) is 10.7. The molecule has 1 aromatic carbocycles. The van der Waals surface area contributed by atoms with Crippen LogP contribution in [0.1, 0.15) is 5.69 Å². The number of halogens is 1. The third-order valence-electron chi connectivity index (χ3n) is 2.76. The van der Waals surface area contributed by atoms with Crippen molar-refractivity contribution >= 4 is 32.5 Å². The van der Waals surface area contributed by atoms with Crippen LogP contribution in [-0.4, -0.2) is 15.2 Å². The van der Waals surface area contributed by atoms with Crippen molar-refractivity contribution in [3.8, 4) is 0 Å². The van der Waals surface area contributed by atoms with Crippen LogP contribution in [0.2, 0.25) is 0 Å². The van der Waals surface area contributed by atoms with Crippen LogP contribution >= 0.6 is 15.9 Å². The van der Waals surface area contributed by atoms with Gasteiger partial charge in [-0.05, 0) is 18.2 Å². The summed E-state index contributed by atoms with van der Waals surface area (Å²) in [7, 11) is 0. The number of nitrogens with zero attached hydrogens (tertiary/aromatic N) is 2. The number of nitrogens with one attached hydrogen (secondary N) is 2. The van der Waals surface area contributed by atoms with Crippen LogP contribution in [0.3, 0.4) is 0 Å². The molecular weight excluding hydrogens is 292 g/mol. The van der Waals surface area contributed by atoms with Crippen molar-refractivity contribution in [2.24, 2.45) is 0 Å². The van der Waals surface area contributed by atoms with Gasteiger partial charge in [-0.25, -0.2) is 4.98 Å². The fourth-order valence-corrected chi connectivity index (χ4v) is 2.37. The van der Waals surface area contributed by atoms with Gasteiger partial charge in [0.15, 0.2) is 0 Å². The van der Waals surface area contributed by atoms with Gasteiger partial charge in [-0.3, -0.25) is 5.10 Å². The quantitative estimate of drug-likeness (QED) is 0.780. The topological polar surface area (TPSA) is 53.6 Å². The minimum Gasteiger partial charge on any atom is -0.364 e. The van der Waals surface area contributed by atoms with Gasteiger partial charge in [0.2, 0.25) is 0 Å². The Bertz CT molecular complexity index is 664. The Morgan fingerprint density at radius 3 is 2.89 bits per heavy atom. The number of aromatic nitrogens is 3. The highest BCUT2D eigenvalue weighted by atomic mass is 79.9. The predicted molar refractivity (Wildman–Crippen MR) is 75.4 cm³/mol. The Kier molecular flexibility index (Phi) is 2.98. The zero-order chi connectivity index (χ0) is 12.4. The molecule has 0 radical (unpaired) electrons. The van der Waals surface area contributed by atoms with Crippen molar-refractivity contribution in [1.29, 1.82) is 0 Å². The maximum atomic E-state index is 4.38. The molecule has 0 unspecified atom stereocenters. The molecule has 0 fully saturated rings. The number of pyridine rings is 1. The smallest absolute Gasteiger partial charge is 0.134 e. The molecular formula is C13H11BrN4. The summed E-state index contributed by atoms with van der Waals surface area (Å²) in [5.74, 6) is 0.878. The molecule has 0 saturated heterocycles. The lowest BCUT2D eigenvalue weighted by atomic mass is 10.1. The van der Waals surface area contributed by atoms with Crippen LogP contribution in [0.25, 0.3) is 10.8 Å². The maximum absolute atomic E-state index is 4.38. The summed E-state index contributed by atoms with van der Waals surface area (Å²) < 4.78 is 1.08. The fourth-order valence-electron chi connectivity index (χ4n) is 1.87. The third-order valence-corrected chi connectivity index (χ3v) is 3.45. The molecule has 0 aliphatic heterocycles. The summed E-state index contributed by atoms with van der Waals surface area (Å²) in [6.07, 6.45) is 3.55. The van der Waals surface area contributed by atoms with Crippen molar-refractivity contribution < 1.29 is 0 Å². The van der Waals surface area contributed by atoms with Gasteiger partial charge in [0.1, 0.15) is 5.82 Å². The summed E-state index contributed by atoms with van der Waals surface area (Å²) >= 11 is 3.55. The molecule has 90 valence electrons. The number of fused-ring (bicyclic) bond motifs is 1. The highest BCUT2D eigenvalue weighted by Crippen LogP contribution is 2.27. The van der Waals surface area contributed by atoms with Gasteiger partial charge in [0.25, 0.3) is 0 Å². The largest absolute Gasteiger partial charge is 0.364 e. The Hall–Kier alpha value is -1.88. The highest BCUT2D eigenvalue weighted by molar-refractivity contribution is 9.10. The summed E-state index contributed by atoms with van der Waals surface area (Å²) in [4.78, 5) is 4.38. The molecule has 3 rings (SSSR count). The van der Waals surface area contributed by atoms with Gasteiger partial charge in [-0.15, -0.1) is 0 Å². The number of benzene rings is 1. The molecule has 0 bridgehead atoms. The second-order valence-corrected chi connectivity index (χ2v) is 4.78. The van der Waals surface area contributed by atoms with E-state index in [0.29, 0.717) is 6.54 Å². The molecule has 4 nitrogen and oxygen atoms in total. The SMILES string of the molecule is Brc1cccc2c(NCc3ccn[nH]3)nccc12. The second-order valence-electron chi connectivity index (χ2n) is 3.93. The number of hydrogen-bond acceptors (Lipinski definition) is 3. The van der Waals surface area contributed by atoms with Gasteiger partial charge in [0.05, 0.1) is 12.2 Å². The molecule has 2 aromatic heterocycles. The first-order valence-corrected chi connectivity index (χ1v) is 6.39. The standard InChI is InChI=1S/C13H11BrN4/c14-12-3-1-2-11-10(12)5-6-15-13(11)16-8-9-4-7-17-18-9/h1-7H,8H2,(H,15,16)(H,17,18). The molecule has 0 saturated carbocycles. The molecule has 3 aromatic rings.